The highest BCUT2D eigenvalue weighted by atomic mass is 35.5. The SMILES string of the molecule is CC(=O)CCc1ccccc1OP(=O)(C[C@@H](C)C(C)=O)OC[C@H]1O[C@@H](n2ccc3c(N)nc(N)nc32)[C@@](F)(Cl)C1O. The summed E-state index contributed by atoms with van der Waals surface area (Å²) >= 11 is 6.14. The Bertz CT molecular complexity index is 1500. The number of fused-ring (bicyclic) bond motifs is 1. The van der Waals surface area contributed by atoms with Crippen molar-refractivity contribution in [3.05, 3.63) is 42.1 Å². The predicted molar refractivity (Wildman–Crippen MR) is 150 cm³/mol. The summed E-state index contributed by atoms with van der Waals surface area (Å²) in [6.45, 7) is 3.79. The summed E-state index contributed by atoms with van der Waals surface area (Å²) in [5.41, 5.74) is 12.3. The van der Waals surface area contributed by atoms with Crippen molar-refractivity contribution < 1.29 is 37.4 Å². The highest BCUT2D eigenvalue weighted by Gasteiger charge is 2.58. The number of aryl methyl sites for hydroxylation is 1. The zero-order chi connectivity index (χ0) is 30.1. The third kappa shape index (κ3) is 6.70. The number of carbonyl (C=O) groups is 2. The summed E-state index contributed by atoms with van der Waals surface area (Å²) in [6.07, 6.45) is -3.23. The molecule has 222 valence electrons. The third-order valence-corrected chi connectivity index (χ3v) is 9.26. The van der Waals surface area contributed by atoms with Crippen LogP contribution in [0.1, 0.15) is 39.0 Å². The first-order chi connectivity index (χ1) is 19.2. The van der Waals surface area contributed by atoms with Crippen LogP contribution in [0.4, 0.5) is 16.2 Å². The molecule has 0 radical (unpaired) electrons. The number of carbonyl (C=O) groups excluding carboxylic acids is 2. The lowest BCUT2D eigenvalue weighted by molar-refractivity contribution is -0.120. The van der Waals surface area contributed by atoms with E-state index < -0.39 is 43.7 Å². The largest absolute Gasteiger partial charge is 0.424 e. The first-order valence-electron chi connectivity index (χ1n) is 12.8. The molecule has 1 saturated heterocycles. The molecule has 0 spiro atoms. The van der Waals surface area contributed by atoms with E-state index in [1.165, 1.54) is 30.7 Å². The highest BCUT2D eigenvalue weighted by Crippen LogP contribution is 2.53. The van der Waals surface area contributed by atoms with E-state index in [4.69, 9.17) is 36.9 Å². The van der Waals surface area contributed by atoms with Gasteiger partial charge in [-0.3, -0.25) is 9.32 Å². The Morgan fingerprint density at radius 3 is 2.66 bits per heavy atom. The van der Waals surface area contributed by atoms with Crippen LogP contribution in [0.2, 0.25) is 0 Å². The highest BCUT2D eigenvalue weighted by molar-refractivity contribution is 7.54. The standard InChI is InChI=1S/C26H32ClFN5O7P/c1-14(16(3)35)13-41(37,40-19-7-5-4-6-17(19)9-8-15(2)34)38-12-20-21(36)26(27,28)24(39-20)33-11-10-18-22(29)31-25(30)32-23(18)33/h4-7,10-11,14,20-21,24,36H,8-9,12-13H2,1-3H3,(H4,29,30,31,32)/t14-,20-,21?,24-,26-,41?/m1/s1. The summed E-state index contributed by atoms with van der Waals surface area (Å²) in [5, 5.41) is 8.27. The number of nitrogens with two attached hydrogens (primary N) is 2. The Morgan fingerprint density at radius 1 is 1.27 bits per heavy atom. The molecule has 0 bridgehead atoms. The van der Waals surface area contributed by atoms with Crippen LogP contribution in [0.25, 0.3) is 11.0 Å². The minimum atomic E-state index is -4.10. The summed E-state index contributed by atoms with van der Waals surface area (Å²) < 4.78 is 48.3. The molecule has 0 saturated carbocycles. The molecule has 6 atom stereocenters. The van der Waals surface area contributed by atoms with E-state index in [1.807, 2.05) is 0 Å². The van der Waals surface area contributed by atoms with E-state index in [0.717, 1.165) is 0 Å². The Kier molecular flexibility index (Phi) is 9.05. The normalized spacial score (nSPS) is 24.7. The maximum absolute atomic E-state index is 15.7. The summed E-state index contributed by atoms with van der Waals surface area (Å²) in [4.78, 5) is 31.5. The molecule has 3 aromatic rings. The molecule has 0 amide bonds. The minimum Gasteiger partial charge on any atom is -0.424 e. The number of nitrogens with zero attached hydrogens (tertiary/aromatic N) is 3. The summed E-state index contributed by atoms with van der Waals surface area (Å²) in [5.74, 6) is -0.872. The van der Waals surface area contributed by atoms with Crippen LogP contribution in [0.3, 0.4) is 0 Å². The van der Waals surface area contributed by atoms with Crippen LogP contribution in [0.5, 0.6) is 5.75 Å². The molecule has 0 aliphatic carbocycles. The number of nitrogen functional groups attached to an aromatic ring is 2. The minimum absolute atomic E-state index is 0.0329. The van der Waals surface area contributed by atoms with Crippen LogP contribution in [0.15, 0.2) is 36.5 Å². The first kappa shape index (κ1) is 30.9. The van der Waals surface area contributed by atoms with Gasteiger partial charge in [0.15, 0.2) is 6.23 Å². The predicted octanol–water partition coefficient (Wildman–Crippen LogP) is 3.79. The smallest absolute Gasteiger partial charge is 0.380 e. The fraction of sp³-hybridized carbons (Fsp3) is 0.462. The number of hydrogen-bond acceptors (Lipinski definition) is 11. The van der Waals surface area contributed by atoms with E-state index in [2.05, 4.69) is 9.97 Å². The Morgan fingerprint density at radius 2 is 1.98 bits per heavy atom. The van der Waals surface area contributed by atoms with Gasteiger partial charge < -0.3 is 35.2 Å². The molecule has 1 aliphatic heterocycles. The lowest BCUT2D eigenvalue weighted by atomic mass is 10.1. The number of anilines is 2. The van der Waals surface area contributed by atoms with Gasteiger partial charge in [-0.25, -0.2) is 8.96 Å². The van der Waals surface area contributed by atoms with Gasteiger partial charge in [0.25, 0.3) is 5.13 Å². The molecule has 1 aliphatic rings. The number of rotatable bonds is 12. The average Bonchev–Trinajstić information content (AvgIpc) is 3.40. The van der Waals surface area contributed by atoms with Crippen molar-refractivity contribution in [2.24, 2.45) is 5.92 Å². The van der Waals surface area contributed by atoms with Crippen molar-refractivity contribution in [1.82, 2.24) is 14.5 Å². The monoisotopic (exact) mass is 611 g/mol. The second-order valence-corrected chi connectivity index (χ2v) is 12.7. The molecule has 12 nitrogen and oxygen atoms in total. The molecule has 15 heteroatoms. The molecule has 4 rings (SSSR count). The fourth-order valence-corrected chi connectivity index (χ4v) is 6.71. The van der Waals surface area contributed by atoms with Gasteiger partial charge in [-0.1, -0.05) is 36.7 Å². The molecule has 41 heavy (non-hydrogen) atoms. The molecule has 3 heterocycles. The zero-order valence-corrected chi connectivity index (χ0v) is 24.3. The van der Waals surface area contributed by atoms with Crippen molar-refractivity contribution in [1.29, 1.82) is 0 Å². The lowest BCUT2D eigenvalue weighted by Crippen LogP contribution is -2.38. The van der Waals surface area contributed by atoms with Crippen molar-refractivity contribution >= 4 is 53.6 Å². The van der Waals surface area contributed by atoms with E-state index in [0.29, 0.717) is 17.4 Å². The van der Waals surface area contributed by atoms with Gasteiger partial charge in [0.1, 0.15) is 41.0 Å². The Hall–Kier alpha value is -3.09. The molecular weight excluding hydrogens is 580 g/mol. The van der Waals surface area contributed by atoms with Gasteiger partial charge in [-0.15, -0.1) is 0 Å². The zero-order valence-electron chi connectivity index (χ0n) is 22.7. The van der Waals surface area contributed by atoms with Crippen LogP contribution >= 0.6 is 19.2 Å². The summed E-state index contributed by atoms with van der Waals surface area (Å²) in [7, 11) is -4.10. The molecule has 1 aromatic carbocycles. The lowest BCUT2D eigenvalue weighted by Gasteiger charge is -2.25. The number of ether oxygens (including phenoxy) is 1. The van der Waals surface area contributed by atoms with Crippen molar-refractivity contribution in [2.75, 3.05) is 24.2 Å². The van der Waals surface area contributed by atoms with E-state index >= 15 is 4.39 Å². The van der Waals surface area contributed by atoms with Crippen molar-refractivity contribution in [3.8, 4) is 5.75 Å². The number of alkyl halides is 2. The second-order valence-electron chi connectivity index (χ2n) is 10.1. The fourth-order valence-electron chi connectivity index (χ4n) is 4.40. The number of aliphatic hydroxyl groups is 1. The number of ketones is 2. The number of aliphatic hydroxyl groups excluding tert-OH is 1. The van der Waals surface area contributed by atoms with Crippen LogP contribution in [0, 0.1) is 5.92 Å². The number of benzene rings is 1. The van der Waals surface area contributed by atoms with Crippen LogP contribution in [-0.4, -0.2) is 61.3 Å². The average molecular weight is 612 g/mol. The maximum Gasteiger partial charge on any atom is 0.380 e. The van der Waals surface area contributed by atoms with Gasteiger partial charge in [-0.05, 0) is 38.0 Å². The molecular formula is C26H32ClFN5O7P. The molecule has 2 aromatic heterocycles. The van der Waals surface area contributed by atoms with Crippen LogP contribution in [-0.2, 0) is 29.8 Å². The van der Waals surface area contributed by atoms with Crippen molar-refractivity contribution in [2.45, 2.75) is 57.2 Å². The van der Waals surface area contributed by atoms with Gasteiger partial charge in [-0.2, -0.15) is 9.97 Å². The number of Topliss-reactive ketones (excluding diaryl/α,β-unsaturated/α-hetero) is 2. The van der Waals surface area contributed by atoms with Gasteiger partial charge in [0, 0.05) is 18.5 Å². The second kappa shape index (κ2) is 12.0. The van der Waals surface area contributed by atoms with E-state index in [1.54, 1.807) is 31.2 Å². The quantitative estimate of drug-likeness (QED) is 0.200. The van der Waals surface area contributed by atoms with Crippen molar-refractivity contribution in [3.63, 3.8) is 0 Å². The van der Waals surface area contributed by atoms with Gasteiger partial charge in [0.2, 0.25) is 5.95 Å². The number of hydrogen-bond donors (Lipinski definition) is 3. The first-order valence-corrected chi connectivity index (χ1v) is 14.9. The maximum atomic E-state index is 15.7. The number of aromatic nitrogens is 3. The third-order valence-electron chi connectivity index (χ3n) is 6.83. The molecule has 5 N–H and O–H groups in total. The number of para-hydroxylation sites is 1. The van der Waals surface area contributed by atoms with Crippen LogP contribution < -0.4 is 16.0 Å². The van der Waals surface area contributed by atoms with E-state index in [9.17, 15) is 19.3 Å². The Balaban J connectivity index is 1.58. The van der Waals surface area contributed by atoms with Gasteiger partial charge >= 0.3 is 7.60 Å². The number of halogens is 2. The summed E-state index contributed by atoms with van der Waals surface area (Å²) in [6, 6.07) is 8.22. The molecule has 2 unspecified atom stereocenters. The topological polar surface area (TPSA) is 182 Å². The van der Waals surface area contributed by atoms with Gasteiger partial charge in [0.05, 0.1) is 18.2 Å². The molecule has 1 fully saturated rings. The Labute approximate surface area is 240 Å². The van der Waals surface area contributed by atoms with E-state index in [-0.39, 0.29) is 47.3 Å².